The standard InChI is InChI=1S/C10H17N3/c1-6(2)9-10-8(4-5-11-9)12-7(3)13-10/h6,9,11H,4-5H2,1-3H3,(H,12,13). The predicted octanol–water partition coefficient (Wildman–Crippen LogP) is 1.56. The van der Waals surface area contributed by atoms with Gasteiger partial charge < -0.3 is 10.3 Å². The summed E-state index contributed by atoms with van der Waals surface area (Å²) in [6.07, 6.45) is 1.08. The summed E-state index contributed by atoms with van der Waals surface area (Å²) in [5, 5.41) is 3.51. The summed E-state index contributed by atoms with van der Waals surface area (Å²) in [5.41, 5.74) is 2.56. The molecule has 1 aliphatic heterocycles. The number of aryl methyl sites for hydroxylation is 1. The maximum absolute atomic E-state index is 4.54. The van der Waals surface area contributed by atoms with Crippen molar-refractivity contribution in [2.45, 2.75) is 33.2 Å². The first kappa shape index (κ1) is 8.75. The van der Waals surface area contributed by atoms with Crippen molar-refractivity contribution < 1.29 is 0 Å². The molecule has 3 nitrogen and oxygen atoms in total. The number of aromatic nitrogens is 2. The molecule has 0 saturated heterocycles. The molecule has 2 rings (SSSR count). The molecule has 13 heavy (non-hydrogen) atoms. The number of hydrogen-bond donors (Lipinski definition) is 2. The van der Waals surface area contributed by atoms with Crippen LogP contribution in [0.25, 0.3) is 0 Å². The third kappa shape index (κ3) is 1.48. The quantitative estimate of drug-likeness (QED) is 0.687. The number of nitrogens with zero attached hydrogens (tertiary/aromatic N) is 1. The second-order valence-corrected chi connectivity index (χ2v) is 4.11. The Morgan fingerprint density at radius 1 is 1.46 bits per heavy atom. The van der Waals surface area contributed by atoms with Gasteiger partial charge in [0.2, 0.25) is 0 Å². The monoisotopic (exact) mass is 179 g/mol. The van der Waals surface area contributed by atoms with Gasteiger partial charge in [0, 0.05) is 18.7 Å². The Bertz CT molecular complexity index is 301. The molecule has 0 spiro atoms. The van der Waals surface area contributed by atoms with Gasteiger partial charge in [-0.25, -0.2) is 4.98 Å². The minimum atomic E-state index is 0.439. The summed E-state index contributed by atoms with van der Waals surface area (Å²) in [4.78, 5) is 7.87. The SMILES string of the molecule is Cc1nc2c([nH]1)CCNC2C(C)C. The van der Waals surface area contributed by atoms with Crippen molar-refractivity contribution in [1.29, 1.82) is 0 Å². The molecular weight excluding hydrogens is 162 g/mol. The second-order valence-electron chi connectivity index (χ2n) is 4.11. The zero-order valence-corrected chi connectivity index (χ0v) is 8.52. The van der Waals surface area contributed by atoms with Gasteiger partial charge in [-0.3, -0.25) is 0 Å². The molecule has 2 N–H and O–H groups in total. The summed E-state index contributed by atoms with van der Waals surface area (Å²) < 4.78 is 0. The summed E-state index contributed by atoms with van der Waals surface area (Å²) in [6.45, 7) is 7.56. The Labute approximate surface area is 79.0 Å². The first-order chi connectivity index (χ1) is 6.18. The van der Waals surface area contributed by atoms with E-state index in [1.165, 1.54) is 11.4 Å². The Kier molecular flexibility index (Phi) is 2.12. The van der Waals surface area contributed by atoms with Gasteiger partial charge in [0.25, 0.3) is 0 Å². The number of fused-ring (bicyclic) bond motifs is 1. The second kappa shape index (κ2) is 3.14. The van der Waals surface area contributed by atoms with E-state index in [1.807, 2.05) is 6.92 Å². The molecule has 72 valence electrons. The largest absolute Gasteiger partial charge is 0.346 e. The molecule has 0 fully saturated rings. The van der Waals surface area contributed by atoms with Crippen LogP contribution in [0.2, 0.25) is 0 Å². The van der Waals surface area contributed by atoms with Crippen molar-refractivity contribution in [1.82, 2.24) is 15.3 Å². The maximum Gasteiger partial charge on any atom is 0.103 e. The van der Waals surface area contributed by atoms with Gasteiger partial charge in [0.05, 0.1) is 11.7 Å². The lowest BCUT2D eigenvalue weighted by molar-refractivity contribution is 0.386. The molecule has 1 aromatic heterocycles. The van der Waals surface area contributed by atoms with Crippen molar-refractivity contribution in [3.05, 3.63) is 17.2 Å². The van der Waals surface area contributed by atoms with Gasteiger partial charge >= 0.3 is 0 Å². The Morgan fingerprint density at radius 2 is 2.23 bits per heavy atom. The highest BCUT2D eigenvalue weighted by Gasteiger charge is 2.25. The number of H-pyrrole nitrogens is 1. The highest BCUT2D eigenvalue weighted by atomic mass is 15.0. The molecule has 1 unspecified atom stereocenters. The van der Waals surface area contributed by atoms with Crippen molar-refractivity contribution in [3.63, 3.8) is 0 Å². The maximum atomic E-state index is 4.54. The predicted molar refractivity (Wildman–Crippen MR) is 52.6 cm³/mol. The first-order valence-electron chi connectivity index (χ1n) is 4.97. The van der Waals surface area contributed by atoms with Gasteiger partial charge in [-0.05, 0) is 12.8 Å². The van der Waals surface area contributed by atoms with Gasteiger partial charge in [0.15, 0.2) is 0 Å². The lowest BCUT2D eigenvalue weighted by atomic mass is 9.96. The van der Waals surface area contributed by atoms with Crippen molar-refractivity contribution in [3.8, 4) is 0 Å². The number of rotatable bonds is 1. The lowest BCUT2D eigenvalue weighted by Crippen LogP contribution is -2.33. The minimum absolute atomic E-state index is 0.439. The molecule has 1 aromatic rings. The third-order valence-electron chi connectivity index (χ3n) is 2.63. The third-order valence-corrected chi connectivity index (χ3v) is 2.63. The molecule has 1 atom stereocenters. The molecule has 0 saturated carbocycles. The highest BCUT2D eigenvalue weighted by molar-refractivity contribution is 5.22. The van der Waals surface area contributed by atoms with E-state index in [-0.39, 0.29) is 0 Å². The van der Waals surface area contributed by atoms with E-state index in [4.69, 9.17) is 0 Å². The zero-order valence-electron chi connectivity index (χ0n) is 8.52. The van der Waals surface area contributed by atoms with E-state index in [0.717, 1.165) is 18.8 Å². The van der Waals surface area contributed by atoms with Gasteiger partial charge in [-0.1, -0.05) is 13.8 Å². The van der Waals surface area contributed by atoms with Crippen LogP contribution in [0, 0.1) is 12.8 Å². The van der Waals surface area contributed by atoms with Crippen LogP contribution in [-0.4, -0.2) is 16.5 Å². The molecule has 0 amide bonds. The van der Waals surface area contributed by atoms with Crippen LogP contribution in [0.5, 0.6) is 0 Å². The Hall–Kier alpha value is -0.830. The highest BCUT2D eigenvalue weighted by Crippen LogP contribution is 2.26. The summed E-state index contributed by atoms with van der Waals surface area (Å²) in [7, 11) is 0. The van der Waals surface area contributed by atoms with Crippen LogP contribution >= 0.6 is 0 Å². The molecule has 0 aromatic carbocycles. The minimum Gasteiger partial charge on any atom is -0.346 e. The van der Waals surface area contributed by atoms with Crippen LogP contribution in [0.3, 0.4) is 0 Å². The fourth-order valence-electron chi connectivity index (χ4n) is 2.01. The van der Waals surface area contributed by atoms with E-state index < -0.39 is 0 Å². The van der Waals surface area contributed by atoms with Crippen LogP contribution in [0.1, 0.15) is 37.1 Å². The number of aromatic amines is 1. The van der Waals surface area contributed by atoms with Gasteiger partial charge in [-0.2, -0.15) is 0 Å². The van der Waals surface area contributed by atoms with Crippen LogP contribution in [0.4, 0.5) is 0 Å². The van der Waals surface area contributed by atoms with Gasteiger partial charge in [-0.15, -0.1) is 0 Å². The first-order valence-corrected chi connectivity index (χ1v) is 4.97. The molecule has 1 aliphatic rings. The van der Waals surface area contributed by atoms with E-state index in [9.17, 15) is 0 Å². The number of imidazole rings is 1. The summed E-state index contributed by atoms with van der Waals surface area (Å²) in [6, 6.07) is 0.439. The van der Waals surface area contributed by atoms with Gasteiger partial charge in [0.1, 0.15) is 5.82 Å². The molecule has 0 bridgehead atoms. The normalized spacial score (nSPS) is 22.0. The Morgan fingerprint density at radius 3 is 2.92 bits per heavy atom. The average Bonchev–Trinajstić information content (AvgIpc) is 2.43. The van der Waals surface area contributed by atoms with Crippen molar-refractivity contribution in [2.24, 2.45) is 5.92 Å². The van der Waals surface area contributed by atoms with Crippen molar-refractivity contribution in [2.75, 3.05) is 6.54 Å². The topological polar surface area (TPSA) is 40.7 Å². The fourth-order valence-corrected chi connectivity index (χ4v) is 2.01. The summed E-state index contributed by atoms with van der Waals surface area (Å²) >= 11 is 0. The number of nitrogens with one attached hydrogen (secondary N) is 2. The van der Waals surface area contributed by atoms with Crippen LogP contribution in [-0.2, 0) is 6.42 Å². The molecule has 2 heterocycles. The number of hydrogen-bond acceptors (Lipinski definition) is 2. The molecule has 0 aliphatic carbocycles. The van der Waals surface area contributed by atoms with Crippen LogP contribution in [0.15, 0.2) is 0 Å². The zero-order chi connectivity index (χ0) is 9.42. The van der Waals surface area contributed by atoms with E-state index in [1.54, 1.807) is 0 Å². The van der Waals surface area contributed by atoms with Crippen LogP contribution < -0.4 is 5.32 Å². The average molecular weight is 179 g/mol. The van der Waals surface area contributed by atoms with Crippen molar-refractivity contribution >= 4 is 0 Å². The molecule has 0 radical (unpaired) electrons. The van der Waals surface area contributed by atoms with E-state index >= 15 is 0 Å². The lowest BCUT2D eigenvalue weighted by Gasteiger charge is -2.25. The fraction of sp³-hybridized carbons (Fsp3) is 0.700. The Balaban J connectivity index is 2.36. The molecule has 3 heteroatoms. The van der Waals surface area contributed by atoms with E-state index in [0.29, 0.717) is 12.0 Å². The smallest absolute Gasteiger partial charge is 0.103 e. The van der Waals surface area contributed by atoms with E-state index in [2.05, 4.69) is 29.1 Å². The summed E-state index contributed by atoms with van der Waals surface area (Å²) in [5.74, 6) is 1.65. The molecular formula is C10H17N3.